The molecule has 7 heteroatoms. The van der Waals surface area contributed by atoms with Crippen molar-refractivity contribution in [1.82, 2.24) is 15.6 Å². The zero-order chi connectivity index (χ0) is 15.5. The Morgan fingerprint density at radius 1 is 1.36 bits per heavy atom. The van der Waals surface area contributed by atoms with E-state index in [2.05, 4.69) is 15.6 Å². The van der Waals surface area contributed by atoms with E-state index in [1.807, 2.05) is 5.38 Å². The van der Waals surface area contributed by atoms with Gasteiger partial charge in [0.1, 0.15) is 16.6 Å². The number of thiazole rings is 1. The number of nitrogens with zero attached hydrogens (tertiary/aromatic N) is 1. The summed E-state index contributed by atoms with van der Waals surface area (Å²) in [7, 11) is 0. The molecule has 3 rings (SSSR count). The summed E-state index contributed by atoms with van der Waals surface area (Å²) in [5.74, 6) is -1.06. The predicted octanol–water partition coefficient (Wildman–Crippen LogP) is 3.17. The molecule has 0 radical (unpaired) electrons. The van der Waals surface area contributed by atoms with Crippen LogP contribution in [0.1, 0.15) is 29.3 Å². The van der Waals surface area contributed by atoms with Crippen molar-refractivity contribution in [2.24, 2.45) is 0 Å². The zero-order valence-electron chi connectivity index (χ0n) is 11.7. The molecule has 0 bridgehead atoms. The number of carbonyl (C=O) groups is 1. The molecular weight excluding hydrogens is 308 g/mol. The van der Waals surface area contributed by atoms with E-state index in [1.54, 1.807) is 6.20 Å². The molecule has 1 aliphatic carbocycles. The van der Waals surface area contributed by atoms with Crippen LogP contribution < -0.4 is 10.6 Å². The van der Waals surface area contributed by atoms with E-state index >= 15 is 0 Å². The monoisotopic (exact) mass is 323 g/mol. The Balaban J connectivity index is 1.44. The molecule has 116 valence electrons. The molecule has 0 spiro atoms. The SMILES string of the molecule is O=C(NCc1nccs1)NC1CC(c2ccc(F)cc2F)C1. The molecule has 2 N–H and O–H groups in total. The van der Waals surface area contributed by atoms with Gasteiger partial charge < -0.3 is 10.6 Å². The zero-order valence-corrected chi connectivity index (χ0v) is 12.5. The highest BCUT2D eigenvalue weighted by Crippen LogP contribution is 2.38. The summed E-state index contributed by atoms with van der Waals surface area (Å²) in [4.78, 5) is 15.8. The number of urea groups is 1. The van der Waals surface area contributed by atoms with E-state index in [-0.39, 0.29) is 18.0 Å². The normalized spacial score (nSPS) is 20.3. The molecule has 0 aliphatic heterocycles. The van der Waals surface area contributed by atoms with Gasteiger partial charge in [-0.25, -0.2) is 18.6 Å². The lowest BCUT2D eigenvalue weighted by molar-refractivity contribution is 0.221. The summed E-state index contributed by atoms with van der Waals surface area (Å²) < 4.78 is 26.5. The molecule has 1 heterocycles. The standard InChI is InChI=1S/C15H15F2N3OS/c16-10-1-2-12(13(17)7-10)9-5-11(6-9)20-15(21)19-8-14-18-3-4-22-14/h1-4,7,9,11H,5-6,8H2,(H2,19,20,21). The second-order valence-electron chi connectivity index (χ2n) is 5.28. The second kappa shape index (κ2) is 6.39. The number of halogens is 2. The summed E-state index contributed by atoms with van der Waals surface area (Å²) >= 11 is 1.48. The number of amides is 2. The van der Waals surface area contributed by atoms with Gasteiger partial charge in [-0.1, -0.05) is 6.07 Å². The molecule has 2 aromatic rings. The van der Waals surface area contributed by atoms with Gasteiger partial charge in [0, 0.05) is 23.7 Å². The van der Waals surface area contributed by atoms with Crippen LogP contribution in [0.2, 0.25) is 0 Å². The lowest BCUT2D eigenvalue weighted by Crippen LogP contribution is -2.47. The molecule has 1 fully saturated rings. The van der Waals surface area contributed by atoms with Gasteiger partial charge in [-0.15, -0.1) is 11.3 Å². The molecule has 0 unspecified atom stereocenters. The Labute approximate surface area is 130 Å². The summed E-state index contributed by atoms with van der Waals surface area (Å²) in [5, 5.41) is 8.26. The Morgan fingerprint density at radius 3 is 2.86 bits per heavy atom. The fraction of sp³-hybridized carbons (Fsp3) is 0.333. The minimum atomic E-state index is -0.572. The summed E-state index contributed by atoms with van der Waals surface area (Å²) in [6.45, 7) is 0.395. The van der Waals surface area contributed by atoms with Gasteiger partial charge >= 0.3 is 6.03 Å². The average Bonchev–Trinajstić information content (AvgIpc) is 2.94. The van der Waals surface area contributed by atoms with Crippen molar-refractivity contribution in [3.8, 4) is 0 Å². The number of benzene rings is 1. The number of nitrogens with one attached hydrogen (secondary N) is 2. The minimum absolute atomic E-state index is 0.0192. The number of carbonyl (C=O) groups excluding carboxylic acids is 1. The lowest BCUT2D eigenvalue weighted by atomic mass is 9.75. The summed E-state index contributed by atoms with van der Waals surface area (Å²) in [6.07, 6.45) is 3.01. The molecule has 1 aromatic carbocycles. The molecule has 4 nitrogen and oxygen atoms in total. The average molecular weight is 323 g/mol. The molecule has 0 saturated heterocycles. The Bertz CT molecular complexity index is 657. The van der Waals surface area contributed by atoms with Crippen molar-refractivity contribution in [2.45, 2.75) is 31.3 Å². The number of aromatic nitrogens is 1. The van der Waals surface area contributed by atoms with Crippen LogP contribution in [0.25, 0.3) is 0 Å². The predicted molar refractivity (Wildman–Crippen MR) is 79.6 cm³/mol. The third-order valence-electron chi connectivity index (χ3n) is 3.76. The number of rotatable bonds is 4. The first-order valence-electron chi connectivity index (χ1n) is 6.99. The molecule has 2 amide bonds. The van der Waals surface area contributed by atoms with Crippen molar-refractivity contribution in [3.05, 3.63) is 52.0 Å². The van der Waals surface area contributed by atoms with Crippen LogP contribution in [0.4, 0.5) is 13.6 Å². The third kappa shape index (κ3) is 3.41. The first kappa shape index (κ1) is 14.9. The van der Waals surface area contributed by atoms with Crippen molar-refractivity contribution in [3.63, 3.8) is 0 Å². The van der Waals surface area contributed by atoms with Gasteiger partial charge in [0.2, 0.25) is 0 Å². The summed E-state index contributed by atoms with van der Waals surface area (Å²) in [5.41, 5.74) is 0.516. The Kier molecular flexibility index (Phi) is 4.33. The van der Waals surface area contributed by atoms with Crippen molar-refractivity contribution < 1.29 is 13.6 Å². The molecular formula is C15H15F2N3OS. The van der Waals surface area contributed by atoms with Gasteiger partial charge in [0.05, 0.1) is 6.54 Å². The van der Waals surface area contributed by atoms with Gasteiger partial charge in [-0.05, 0) is 30.4 Å². The molecule has 1 aromatic heterocycles. The minimum Gasteiger partial charge on any atom is -0.335 e. The van der Waals surface area contributed by atoms with Crippen LogP contribution in [0, 0.1) is 11.6 Å². The van der Waals surface area contributed by atoms with E-state index in [4.69, 9.17) is 0 Å². The maximum absolute atomic E-state index is 13.6. The van der Waals surface area contributed by atoms with Gasteiger partial charge in [-0.3, -0.25) is 0 Å². The molecule has 1 aliphatic rings. The molecule has 1 saturated carbocycles. The van der Waals surface area contributed by atoms with Crippen LogP contribution in [0.15, 0.2) is 29.8 Å². The first-order chi connectivity index (χ1) is 10.6. The largest absolute Gasteiger partial charge is 0.335 e. The molecule has 22 heavy (non-hydrogen) atoms. The van der Waals surface area contributed by atoms with E-state index in [1.165, 1.54) is 23.5 Å². The maximum Gasteiger partial charge on any atom is 0.315 e. The quantitative estimate of drug-likeness (QED) is 0.908. The number of hydrogen-bond acceptors (Lipinski definition) is 3. The number of hydrogen-bond donors (Lipinski definition) is 2. The van der Waals surface area contributed by atoms with Gasteiger partial charge in [0.25, 0.3) is 0 Å². The van der Waals surface area contributed by atoms with Crippen molar-refractivity contribution in [1.29, 1.82) is 0 Å². The van der Waals surface area contributed by atoms with E-state index < -0.39 is 11.6 Å². The third-order valence-corrected chi connectivity index (χ3v) is 4.54. The highest BCUT2D eigenvalue weighted by Gasteiger charge is 2.33. The van der Waals surface area contributed by atoms with E-state index in [0.29, 0.717) is 24.9 Å². The second-order valence-corrected chi connectivity index (χ2v) is 6.26. The molecule has 0 atom stereocenters. The van der Waals surface area contributed by atoms with Crippen LogP contribution in [-0.2, 0) is 6.54 Å². The summed E-state index contributed by atoms with van der Waals surface area (Å²) in [6, 6.07) is 3.41. The highest BCUT2D eigenvalue weighted by molar-refractivity contribution is 7.09. The topological polar surface area (TPSA) is 54.0 Å². The van der Waals surface area contributed by atoms with Crippen LogP contribution >= 0.6 is 11.3 Å². The first-order valence-corrected chi connectivity index (χ1v) is 7.87. The lowest BCUT2D eigenvalue weighted by Gasteiger charge is -2.36. The van der Waals surface area contributed by atoms with Gasteiger partial charge in [-0.2, -0.15) is 0 Å². The Hall–Kier alpha value is -2.02. The van der Waals surface area contributed by atoms with Crippen molar-refractivity contribution >= 4 is 17.4 Å². The van der Waals surface area contributed by atoms with Crippen LogP contribution in [-0.4, -0.2) is 17.1 Å². The fourth-order valence-electron chi connectivity index (χ4n) is 2.55. The Morgan fingerprint density at radius 2 is 2.18 bits per heavy atom. The smallest absolute Gasteiger partial charge is 0.315 e. The highest BCUT2D eigenvalue weighted by atomic mass is 32.1. The van der Waals surface area contributed by atoms with Gasteiger partial charge in [0.15, 0.2) is 0 Å². The fourth-order valence-corrected chi connectivity index (χ4v) is 3.11. The maximum atomic E-state index is 13.6. The van der Waals surface area contributed by atoms with E-state index in [9.17, 15) is 13.6 Å². The van der Waals surface area contributed by atoms with Crippen LogP contribution in [0.5, 0.6) is 0 Å². The van der Waals surface area contributed by atoms with E-state index in [0.717, 1.165) is 11.1 Å². The van der Waals surface area contributed by atoms with Crippen LogP contribution in [0.3, 0.4) is 0 Å². The van der Waals surface area contributed by atoms with Crippen molar-refractivity contribution in [2.75, 3.05) is 0 Å².